The molecule has 6 heteroatoms. The molecule has 3 aromatic heterocycles. The van der Waals surface area contributed by atoms with Crippen molar-refractivity contribution in [3.8, 4) is 33.6 Å². The maximum Gasteiger partial charge on any atom is 0.251 e. The number of amides is 1. The molecule has 0 unspecified atom stereocenters. The third kappa shape index (κ3) is 3.63. The molecule has 0 fully saturated rings. The largest absolute Gasteiger partial charge is 0.355 e. The summed E-state index contributed by atoms with van der Waals surface area (Å²) in [5.41, 5.74) is 6.82. The summed E-state index contributed by atoms with van der Waals surface area (Å²) in [6.45, 7) is 0. The van der Waals surface area contributed by atoms with Crippen LogP contribution in [0, 0.1) is 5.82 Å². The lowest BCUT2D eigenvalue weighted by atomic mass is 10.0. The van der Waals surface area contributed by atoms with Gasteiger partial charge < -0.3 is 5.32 Å². The predicted octanol–water partition coefficient (Wildman–Crippen LogP) is 5.23. The number of pyridine rings is 2. The van der Waals surface area contributed by atoms with Crippen molar-refractivity contribution in [3.63, 3.8) is 0 Å². The Morgan fingerprint density at radius 2 is 1.69 bits per heavy atom. The number of benzene rings is 2. The quantitative estimate of drug-likeness (QED) is 0.432. The van der Waals surface area contributed by atoms with E-state index in [1.165, 1.54) is 12.1 Å². The molecule has 0 spiro atoms. The van der Waals surface area contributed by atoms with Crippen molar-refractivity contribution in [1.82, 2.24) is 19.7 Å². The van der Waals surface area contributed by atoms with Crippen LogP contribution < -0.4 is 5.32 Å². The van der Waals surface area contributed by atoms with Crippen LogP contribution in [0.15, 0.2) is 91.4 Å². The van der Waals surface area contributed by atoms with E-state index in [4.69, 9.17) is 0 Å². The molecule has 5 nitrogen and oxygen atoms in total. The SMILES string of the molecule is CNC(=O)c1cccc(-c2ccn3c(-c4ccnc(-c5ccc(F)cc5)c4)cnc3c2)c1. The third-order valence-electron chi connectivity index (χ3n) is 5.39. The van der Waals surface area contributed by atoms with Gasteiger partial charge >= 0.3 is 0 Å². The first-order chi connectivity index (χ1) is 15.6. The molecule has 5 aromatic rings. The standard InChI is InChI=1S/C26H19FN4O/c1-28-26(32)21-4-2-3-18(13-21)19-10-12-31-24(16-30-25(31)15-19)20-9-11-29-23(14-20)17-5-7-22(27)8-6-17/h2-16H,1H3,(H,28,32). The molecule has 0 aliphatic rings. The average Bonchev–Trinajstić information content (AvgIpc) is 3.27. The van der Waals surface area contributed by atoms with Gasteiger partial charge in [0.05, 0.1) is 17.6 Å². The van der Waals surface area contributed by atoms with Crippen LogP contribution in [-0.2, 0) is 0 Å². The molecule has 0 saturated heterocycles. The number of fused-ring (bicyclic) bond motifs is 1. The van der Waals surface area contributed by atoms with E-state index in [1.807, 2.05) is 59.3 Å². The highest BCUT2D eigenvalue weighted by Gasteiger charge is 2.11. The second-order valence-corrected chi connectivity index (χ2v) is 7.38. The van der Waals surface area contributed by atoms with Crippen LogP contribution in [0.3, 0.4) is 0 Å². The van der Waals surface area contributed by atoms with E-state index in [0.717, 1.165) is 39.3 Å². The average molecular weight is 422 g/mol. The fourth-order valence-corrected chi connectivity index (χ4v) is 3.73. The molecule has 2 aromatic carbocycles. The molecule has 0 atom stereocenters. The van der Waals surface area contributed by atoms with Crippen molar-refractivity contribution in [2.24, 2.45) is 0 Å². The predicted molar refractivity (Wildman–Crippen MR) is 123 cm³/mol. The van der Waals surface area contributed by atoms with Crippen LogP contribution in [0.1, 0.15) is 10.4 Å². The molecule has 1 N–H and O–H groups in total. The molecule has 0 aliphatic heterocycles. The number of nitrogens with one attached hydrogen (secondary N) is 1. The highest BCUT2D eigenvalue weighted by atomic mass is 19.1. The third-order valence-corrected chi connectivity index (χ3v) is 5.39. The van der Waals surface area contributed by atoms with Gasteiger partial charge in [-0.25, -0.2) is 9.37 Å². The van der Waals surface area contributed by atoms with Crippen LogP contribution in [0.2, 0.25) is 0 Å². The number of rotatable bonds is 4. The fraction of sp³-hybridized carbons (Fsp3) is 0.0385. The normalized spacial score (nSPS) is 10.9. The van der Waals surface area contributed by atoms with Crippen molar-refractivity contribution in [3.05, 3.63) is 103 Å². The number of imidazole rings is 1. The number of hydrogen-bond acceptors (Lipinski definition) is 3. The Balaban J connectivity index is 1.52. The summed E-state index contributed by atoms with van der Waals surface area (Å²) in [6, 6.07) is 21.7. The first-order valence-electron chi connectivity index (χ1n) is 10.1. The van der Waals surface area contributed by atoms with E-state index in [1.54, 1.807) is 31.4 Å². The number of nitrogens with zero attached hydrogens (tertiary/aromatic N) is 3. The number of carbonyl (C=O) groups excluding carboxylic acids is 1. The van der Waals surface area contributed by atoms with Gasteiger partial charge in [0.25, 0.3) is 5.91 Å². The monoisotopic (exact) mass is 422 g/mol. The molecule has 0 bridgehead atoms. The zero-order chi connectivity index (χ0) is 22.1. The Morgan fingerprint density at radius 1 is 0.875 bits per heavy atom. The molecule has 3 heterocycles. The molecule has 0 saturated carbocycles. The summed E-state index contributed by atoms with van der Waals surface area (Å²) in [4.78, 5) is 21.0. The van der Waals surface area contributed by atoms with Crippen LogP contribution in [0.5, 0.6) is 0 Å². The van der Waals surface area contributed by atoms with Gasteiger partial charge in [-0.3, -0.25) is 14.2 Å². The van der Waals surface area contributed by atoms with Crippen LogP contribution in [-0.4, -0.2) is 27.3 Å². The van der Waals surface area contributed by atoms with E-state index in [-0.39, 0.29) is 11.7 Å². The number of carbonyl (C=O) groups is 1. The summed E-state index contributed by atoms with van der Waals surface area (Å²) in [7, 11) is 1.62. The Morgan fingerprint density at radius 3 is 2.50 bits per heavy atom. The van der Waals surface area contributed by atoms with E-state index in [9.17, 15) is 9.18 Å². The summed E-state index contributed by atoms with van der Waals surface area (Å²) in [6.07, 6.45) is 5.54. The van der Waals surface area contributed by atoms with E-state index in [2.05, 4.69) is 15.3 Å². The Labute approximate surface area is 184 Å². The maximum absolute atomic E-state index is 13.3. The minimum Gasteiger partial charge on any atom is -0.355 e. The number of hydrogen-bond donors (Lipinski definition) is 1. The maximum atomic E-state index is 13.3. The number of aromatic nitrogens is 3. The lowest BCUT2D eigenvalue weighted by Crippen LogP contribution is -2.17. The molecular formula is C26H19FN4O. The van der Waals surface area contributed by atoms with Crippen LogP contribution >= 0.6 is 0 Å². The molecule has 0 radical (unpaired) electrons. The summed E-state index contributed by atoms with van der Waals surface area (Å²) < 4.78 is 15.3. The minimum absolute atomic E-state index is 0.120. The fourth-order valence-electron chi connectivity index (χ4n) is 3.73. The Hall–Kier alpha value is -4.32. The first-order valence-corrected chi connectivity index (χ1v) is 10.1. The summed E-state index contributed by atoms with van der Waals surface area (Å²) >= 11 is 0. The van der Waals surface area contributed by atoms with Crippen LogP contribution in [0.25, 0.3) is 39.3 Å². The Kier molecular flexibility index (Phi) is 4.95. The minimum atomic E-state index is -0.275. The molecule has 32 heavy (non-hydrogen) atoms. The Bertz CT molecular complexity index is 1440. The van der Waals surface area contributed by atoms with Crippen molar-refractivity contribution < 1.29 is 9.18 Å². The van der Waals surface area contributed by atoms with Crippen molar-refractivity contribution in [2.45, 2.75) is 0 Å². The molecule has 0 aliphatic carbocycles. The van der Waals surface area contributed by atoms with Crippen molar-refractivity contribution in [2.75, 3.05) is 7.05 Å². The van der Waals surface area contributed by atoms with E-state index >= 15 is 0 Å². The second kappa shape index (κ2) is 8.07. The van der Waals surface area contributed by atoms with E-state index in [0.29, 0.717) is 5.56 Å². The molecule has 156 valence electrons. The van der Waals surface area contributed by atoms with Gasteiger partial charge in [-0.1, -0.05) is 12.1 Å². The van der Waals surface area contributed by atoms with Crippen molar-refractivity contribution >= 4 is 11.6 Å². The molecular weight excluding hydrogens is 403 g/mol. The van der Waals surface area contributed by atoms with Gasteiger partial charge in [0.15, 0.2) is 0 Å². The summed E-state index contributed by atoms with van der Waals surface area (Å²) in [5, 5.41) is 2.65. The van der Waals surface area contributed by atoms with Gasteiger partial charge in [0, 0.05) is 36.1 Å². The van der Waals surface area contributed by atoms with Gasteiger partial charge in [0.2, 0.25) is 0 Å². The molecule has 1 amide bonds. The highest BCUT2D eigenvalue weighted by Crippen LogP contribution is 2.28. The zero-order valence-electron chi connectivity index (χ0n) is 17.3. The highest BCUT2D eigenvalue weighted by molar-refractivity contribution is 5.95. The van der Waals surface area contributed by atoms with Gasteiger partial charge in [-0.15, -0.1) is 0 Å². The van der Waals surface area contributed by atoms with Gasteiger partial charge in [-0.05, 0) is 71.8 Å². The van der Waals surface area contributed by atoms with Crippen LogP contribution in [0.4, 0.5) is 4.39 Å². The van der Waals surface area contributed by atoms with Gasteiger partial charge in [0.1, 0.15) is 11.5 Å². The van der Waals surface area contributed by atoms with Crippen molar-refractivity contribution in [1.29, 1.82) is 0 Å². The zero-order valence-corrected chi connectivity index (χ0v) is 17.3. The van der Waals surface area contributed by atoms with E-state index < -0.39 is 0 Å². The number of halogens is 1. The topological polar surface area (TPSA) is 59.3 Å². The smallest absolute Gasteiger partial charge is 0.251 e. The lowest BCUT2D eigenvalue weighted by molar-refractivity contribution is 0.0963. The molecule has 5 rings (SSSR count). The first kappa shape index (κ1) is 19.6. The second-order valence-electron chi connectivity index (χ2n) is 7.38. The summed E-state index contributed by atoms with van der Waals surface area (Å²) in [5.74, 6) is -0.394. The van der Waals surface area contributed by atoms with Gasteiger partial charge in [-0.2, -0.15) is 0 Å². The lowest BCUT2D eigenvalue weighted by Gasteiger charge is -2.08.